The number of hydrogen-bond acceptors (Lipinski definition) is 2. The van der Waals surface area contributed by atoms with Crippen LogP contribution < -0.4 is 10.6 Å². The minimum Gasteiger partial charge on any atom is -0.355 e. The van der Waals surface area contributed by atoms with Crippen LogP contribution in [-0.4, -0.2) is 12.7 Å². The number of rotatable bonds is 3. The number of fused-ring (bicyclic) bond motifs is 1. The predicted octanol–water partition coefficient (Wildman–Crippen LogP) is 2.58. The summed E-state index contributed by atoms with van der Waals surface area (Å²) in [6.07, 6.45) is 2.20. The van der Waals surface area contributed by atoms with Gasteiger partial charge in [0, 0.05) is 11.7 Å². The molecule has 1 aliphatic rings. The van der Waals surface area contributed by atoms with Gasteiger partial charge in [0.2, 0.25) is 0 Å². The normalized spacial score (nSPS) is 14.5. The van der Waals surface area contributed by atoms with Gasteiger partial charge in [0.05, 0.1) is 6.67 Å². The molecule has 2 N–H and O–H groups in total. The van der Waals surface area contributed by atoms with Gasteiger partial charge in [0.15, 0.2) is 0 Å². The molecule has 0 aromatic heterocycles. The maximum absolute atomic E-state index is 5.95. The quantitative estimate of drug-likeness (QED) is 0.833. The lowest BCUT2D eigenvalue weighted by molar-refractivity contribution is 0.624. The van der Waals surface area contributed by atoms with Crippen molar-refractivity contribution in [3.05, 3.63) is 65.7 Å². The van der Waals surface area contributed by atoms with Gasteiger partial charge < -0.3 is 10.6 Å². The van der Waals surface area contributed by atoms with Crippen molar-refractivity contribution in [2.75, 3.05) is 11.6 Å². The third kappa shape index (κ3) is 2.00. The third-order valence-electron chi connectivity index (χ3n) is 3.75. The highest BCUT2D eigenvalue weighted by atomic mass is 15.2. The lowest BCUT2D eigenvalue weighted by atomic mass is 10.1. The highest BCUT2D eigenvalue weighted by Crippen LogP contribution is 2.28. The molecular weight excluding hydrogens is 220 g/mol. The van der Waals surface area contributed by atoms with Crippen LogP contribution in [0.5, 0.6) is 0 Å². The maximum Gasteiger partial charge on any atom is 0.0660 e. The van der Waals surface area contributed by atoms with Crippen LogP contribution in [0.3, 0.4) is 0 Å². The summed E-state index contributed by atoms with van der Waals surface area (Å²) in [5, 5.41) is 0. The predicted molar refractivity (Wildman–Crippen MR) is 75.6 cm³/mol. The molecule has 0 amide bonds. The molecule has 0 radical (unpaired) electrons. The molecule has 0 heterocycles. The van der Waals surface area contributed by atoms with Gasteiger partial charge in [-0.1, -0.05) is 42.5 Å². The van der Waals surface area contributed by atoms with Crippen LogP contribution in [0.4, 0.5) is 5.69 Å². The van der Waals surface area contributed by atoms with Crippen molar-refractivity contribution in [2.45, 2.75) is 18.9 Å². The van der Waals surface area contributed by atoms with E-state index in [2.05, 4.69) is 53.4 Å². The number of hydrogen-bond donors (Lipinski definition) is 1. The Labute approximate surface area is 108 Å². The molecule has 3 rings (SSSR count). The van der Waals surface area contributed by atoms with E-state index in [0.29, 0.717) is 12.7 Å². The van der Waals surface area contributed by atoms with E-state index in [4.69, 9.17) is 5.73 Å². The SMILES string of the molecule is NCN(c1ccccc1)C1Cc2ccccc2C1. The number of anilines is 1. The Balaban J connectivity index is 1.84. The Morgan fingerprint density at radius 2 is 1.44 bits per heavy atom. The molecule has 0 aliphatic heterocycles. The van der Waals surface area contributed by atoms with Gasteiger partial charge in [0.1, 0.15) is 0 Å². The number of benzene rings is 2. The third-order valence-corrected chi connectivity index (χ3v) is 3.75. The Morgan fingerprint density at radius 3 is 2.00 bits per heavy atom. The van der Waals surface area contributed by atoms with Gasteiger partial charge >= 0.3 is 0 Å². The van der Waals surface area contributed by atoms with Crippen LogP contribution in [0.1, 0.15) is 11.1 Å². The molecule has 0 unspecified atom stereocenters. The zero-order chi connectivity index (χ0) is 12.4. The molecule has 2 heteroatoms. The van der Waals surface area contributed by atoms with E-state index < -0.39 is 0 Å². The van der Waals surface area contributed by atoms with E-state index in [1.807, 2.05) is 6.07 Å². The summed E-state index contributed by atoms with van der Waals surface area (Å²) in [7, 11) is 0. The summed E-state index contributed by atoms with van der Waals surface area (Å²) < 4.78 is 0. The number of nitrogens with two attached hydrogens (primary N) is 1. The lowest BCUT2D eigenvalue weighted by Crippen LogP contribution is -2.40. The van der Waals surface area contributed by atoms with Gasteiger partial charge in [-0.15, -0.1) is 0 Å². The highest BCUT2D eigenvalue weighted by molar-refractivity contribution is 5.49. The maximum atomic E-state index is 5.95. The van der Waals surface area contributed by atoms with Crippen molar-refractivity contribution >= 4 is 5.69 Å². The van der Waals surface area contributed by atoms with E-state index >= 15 is 0 Å². The summed E-state index contributed by atoms with van der Waals surface area (Å²) in [5.74, 6) is 0. The molecule has 0 bridgehead atoms. The van der Waals surface area contributed by atoms with E-state index in [1.54, 1.807) is 0 Å². The van der Waals surface area contributed by atoms with Crippen LogP contribution in [0.25, 0.3) is 0 Å². The van der Waals surface area contributed by atoms with Crippen molar-refractivity contribution in [1.82, 2.24) is 0 Å². The van der Waals surface area contributed by atoms with Gasteiger partial charge in [-0.05, 0) is 36.1 Å². The van der Waals surface area contributed by atoms with E-state index in [9.17, 15) is 0 Å². The molecule has 2 aromatic carbocycles. The van der Waals surface area contributed by atoms with E-state index in [0.717, 1.165) is 12.8 Å². The minimum absolute atomic E-state index is 0.495. The van der Waals surface area contributed by atoms with Gasteiger partial charge in [-0.25, -0.2) is 0 Å². The largest absolute Gasteiger partial charge is 0.355 e. The zero-order valence-corrected chi connectivity index (χ0v) is 10.4. The van der Waals surface area contributed by atoms with Crippen molar-refractivity contribution in [3.8, 4) is 0 Å². The van der Waals surface area contributed by atoms with Crippen molar-refractivity contribution in [3.63, 3.8) is 0 Å². The fourth-order valence-corrected chi connectivity index (χ4v) is 2.84. The van der Waals surface area contributed by atoms with Crippen molar-refractivity contribution < 1.29 is 0 Å². The Bertz CT molecular complexity index is 497. The number of para-hydroxylation sites is 1. The molecule has 0 fully saturated rings. The molecular formula is C16H18N2. The fourth-order valence-electron chi connectivity index (χ4n) is 2.84. The average Bonchev–Trinajstić information content (AvgIpc) is 2.84. The van der Waals surface area contributed by atoms with E-state index in [1.165, 1.54) is 16.8 Å². The van der Waals surface area contributed by atoms with Crippen LogP contribution in [0.2, 0.25) is 0 Å². The van der Waals surface area contributed by atoms with Crippen LogP contribution >= 0.6 is 0 Å². The van der Waals surface area contributed by atoms with Gasteiger partial charge in [-0.3, -0.25) is 0 Å². The molecule has 0 saturated heterocycles. The molecule has 0 atom stereocenters. The second kappa shape index (κ2) is 4.83. The molecule has 1 aliphatic carbocycles. The Hall–Kier alpha value is -1.80. The van der Waals surface area contributed by atoms with Crippen molar-refractivity contribution in [1.29, 1.82) is 0 Å². The molecule has 92 valence electrons. The fraction of sp³-hybridized carbons (Fsp3) is 0.250. The van der Waals surface area contributed by atoms with Gasteiger partial charge in [-0.2, -0.15) is 0 Å². The molecule has 0 saturated carbocycles. The summed E-state index contributed by atoms with van der Waals surface area (Å²) in [5.41, 5.74) is 10.1. The van der Waals surface area contributed by atoms with Crippen LogP contribution in [-0.2, 0) is 12.8 Å². The topological polar surface area (TPSA) is 29.3 Å². The Kier molecular flexibility index (Phi) is 3.03. The standard InChI is InChI=1S/C16H18N2/c17-12-18(15-8-2-1-3-9-15)16-10-13-6-4-5-7-14(13)11-16/h1-9,16H,10-12,17H2. The second-order valence-electron chi connectivity index (χ2n) is 4.82. The van der Waals surface area contributed by atoms with Crippen LogP contribution in [0, 0.1) is 0 Å². The van der Waals surface area contributed by atoms with E-state index in [-0.39, 0.29) is 0 Å². The molecule has 2 aromatic rings. The molecule has 2 nitrogen and oxygen atoms in total. The summed E-state index contributed by atoms with van der Waals surface area (Å²) in [6, 6.07) is 19.7. The second-order valence-corrected chi connectivity index (χ2v) is 4.82. The highest BCUT2D eigenvalue weighted by Gasteiger charge is 2.25. The first-order valence-corrected chi connectivity index (χ1v) is 6.47. The Morgan fingerprint density at radius 1 is 0.889 bits per heavy atom. The first kappa shape index (κ1) is 11.3. The van der Waals surface area contributed by atoms with Crippen molar-refractivity contribution in [2.24, 2.45) is 5.73 Å². The summed E-state index contributed by atoms with van der Waals surface area (Å²) >= 11 is 0. The zero-order valence-electron chi connectivity index (χ0n) is 10.4. The minimum atomic E-state index is 0.495. The number of nitrogens with zero attached hydrogens (tertiary/aromatic N) is 1. The summed E-state index contributed by atoms with van der Waals surface area (Å²) in [6.45, 7) is 0.572. The lowest BCUT2D eigenvalue weighted by Gasteiger charge is -2.29. The van der Waals surface area contributed by atoms with Gasteiger partial charge in [0.25, 0.3) is 0 Å². The molecule has 18 heavy (non-hydrogen) atoms. The first-order valence-electron chi connectivity index (χ1n) is 6.47. The first-order chi connectivity index (χ1) is 8.88. The summed E-state index contributed by atoms with van der Waals surface area (Å²) in [4.78, 5) is 2.31. The van der Waals surface area contributed by atoms with Crippen LogP contribution in [0.15, 0.2) is 54.6 Å². The average molecular weight is 238 g/mol. The smallest absolute Gasteiger partial charge is 0.0660 e. The molecule has 0 spiro atoms. The monoisotopic (exact) mass is 238 g/mol.